The molecule has 1 aliphatic carbocycles. The highest BCUT2D eigenvalue weighted by molar-refractivity contribution is 5.47. The first-order chi connectivity index (χ1) is 9.60. The number of pyridine rings is 1. The summed E-state index contributed by atoms with van der Waals surface area (Å²) in [6.45, 7) is 8.96. The molecule has 1 N–H and O–H groups in total. The molecule has 1 saturated carbocycles. The lowest BCUT2D eigenvalue weighted by Crippen LogP contribution is -2.34. The van der Waals surface area contributed by atoms with Gasteiger partial charge in [0.05, 0.1) is 6.20 Å². The third kappa shape index (κ3) is 3.92. The molecule has 3 nitrogen and oxygen atoms in total. The van der Waals surface area contributed by atoms with E-state index in [-0.39, 0.29) is 5.82 Å². The van der Waals surface area contributed by atoms with Crippen molar-refractivity contribution in [1.29, 1.82) is 0 Å². The van der Waals surface area contributed by atoms with Crippen molar-refractivity contribution >= 4 is 5.82 Å². The molecule has 1 heterocycles. The summed E-state index contributed by atoms with van der Waals surface area (Å²) >= 11 is 0. The normalized spacial score (nSPS) is 15.4. The molecule has 1 aromatic heterocycles. The van der Waals surface area contributed by atoms with Crippen LogP contribution in [0.4, 0.5) is 10.2 Å². The van der Waals surface area contributed by atoms with Crippen molar-refractivity contribution in [2.75, 3.05) is 18.0 Å². The van der Waals surface area contributed by atoms with E-state index in [1.165, 1.54) is 25.5 Å². The smallest absolute Gasteiger partial charge is 0.141 e. The van der Waals surface area contributed by atoms with Crippen molar-refractivity contribution in [2.24, 2.45) is 5.92 Å². The van der Waals surface area contributed by atoms with Gasteiger partial charge in [-0.3, -0.25) is 0 Å². The highest BCUT2D eigenvalue weighted by atomic mass is 19.1. The molecule has 112 valence electrons. The molecule has 2 rings (SSSR count). The second-order valence-corrected chi connectivity index (χ2v) is 6.01. The minimum atomic E-state index is -0.256. The van der Waals surface area contributed by atoms with Crippen LogP contribution in [0.5, 0.6) is 0 Å². The second kappa shape index (κ2) is 7.02. The Morgan fingerprint density at radius 3 is 2.75 bits per heavy atom. The van der Waals surface area contributed by atoms with E-state index >= 15 is 0 Å². The quantitative estimate of drug-likeness (QED) is 0.829. The van der Waals surface area contributed by atoms with Gasteiger partial charge < -0.3 is 10.2 Å². The standard InChI is InChI=1S/C16H26FN3/c1-4-20(11-13-6-5-7-13)16-14(9-18-12(2)3)8-15(17)10-19-16/h8,10,12-13,18H,4-7,9,11H2,1-3H3. The van der Waals surface area contributed by atoms with Crippen LogP contribution < -0.4 is 10.2 Å². The molecule has 1 fully saturated rings. The number of anilines is 1. The number of nitrogens with one attached hydrogen (secondary N) is 1. The number of halogens is 1. The van der Waals surface area contributed by atoms with Crippen LogP contribution in [-0.2, 0) is 6.54 Å². The fourth-order valence-electron chi connectivity index (χ4n) is 2.56. The van der Waals surface area contributed by atoms with Gasteiger partial charge in [-0.25, -0.2) is 9.37 Å². The van der Waals surface area contributed by atoms with Gasteiger partial charge in [-0.2, -0.15) is 0 Å². The topological polar surface area (TPSA) is 28.2 Å². The second-order valence-electron chi connectivity index (χ2n) is 6.01. The predicted molar refractivity (Wildman–Crippen MR) is 81.4 cm³/mol. The first-order valence-corrected chi connectivity index (χ1v) is 7.73. The molecule has 0 aromatic carbocycles. The Bertz CT molecular complexity index is 430. The number of hydrogen-bond acceptors (Lipinski definition) is 3. The Balaban J connectivity index is 2.13. The highest BCUT2D eigenvalue weighted by Crippen LogP contribution is 2.29. The van der Waals surface area contributed by atoms with E-state index in [1.54, 1.807) is 6.07 Å². The van der Waals surface area contributed by atoms with Crippen molar-refractivity contribution in [2.45, 2.75) is 52.6 Å². The van der Waals surface area contributed by atoms with E-state index in [0.29, 0.717) is 12.6 Å². The fourth-order valence-corrected chi connectivity index (χ4v) is 2.56. The zero-order valence-electron chi connectivity index (χ0n) is 12.8. The lowest BCUT2D eigenvalue weighted by molar-refractivity contribution is 0.318. The summed E-state index contributed by atoms with van der Waals surface area (Å²) in [6.07, 6.45) is 5.31. The van der Waals surface area contributed by atoms with Crippen LogP contribution in [0.2, 0.25) is 0 Å². The van der Waals surface area contributed by atoms with Gasteiger partial charge in [0.2, 0.25) is 0 Å². The molecule has 0 bridgehead atoms. The fraction of sp³-hybridized carbons (Fsp3) is 0.688. The summed E-state index contributed by atoms with van der Waals surface area (Å²) in [7, 11) is 0. The third-order valence-corrected chi connectivity index (χ3v) is 3.99. The monoisotopic (exact) mass is 279 g/mol. The van der Waals surface area contributed by atoms with Gasteiger partial charge in [-0.1, -0.05) is 20.3 Å². The van der Waals surface area contributed by atoms with Crippen molar-refractivity contribution in [3.05, 3.63) is 23.6 Å². The molecule has 20 heavy (non-hydrogen) atoms. The van der Waals surface area contributed by atoms with Gasteiger partial charge >= 0.3 is 0 Å². The van der Waals surface area contributed by atoms with Gasteiger partial charge in [-0.15, -0.1) is 0 Å². The summed E-state index contributed by atoms with van der Waals surface area (Å²) < 4.78 is 13.5. The third-order valence-electron chi connectivity index (χ3n) is 3.99. The minimum absolute atomic E-state index is 0.256. The van der Waals surface area contributed by atoms with Gasteiger partial charge in [0, 0.05) is 31.2 Å². The summed E-state index contributed by atoms with van der Waals surface area (Å²) in [5, 5.41) is 3.36. The van der Waals surface area contributed by atoms with Crippen molar-refractivity contribution in [3.8, 4) is 0 Å². The molecular weight excluding hydrogens is 253 g/mol. The molecule has 0 unspecified atom stereocenters. The summed E-state index contributed by atoms with van der Waals surface area (Å²) in [5.41, 5.74) is 0.958. The van der Waals surface area contributed by atoms with E-state index in [2.05, 4.69) is 36.0 Å². The predicted octanol–water partition coefficient (Wildman–Crippen LogP) is 3.35. The zero-order valence-corrected chi connectivity index (χ0v) is 12.8. The van der Waals surface area contributed by atoms with E-state index < -0.39 is 0 Å². The SMILES string of the molecule is CCN(CC1CCC1)c1ncc(F)cc1CNC(C)C. The van der Waals surface area contributed by atoms with Crippen LogP contribution in [0.15, 0.2) is 12.3 Å². The van der Waals surface area contributed by atoms with Gasteiger partial charge in [-0.05, 0) is 31.7 Å². The van der Waals surface area contributed by atoms with E-state index in [4.69, 9.17) is 0 Å². The minimum Gasteiger partial charge on any atom is -0.356 e. The first kappa shape index (κ1) is 15.2. The molecule has 4 heteroatoms. The van der Waals surface area contributed by atoms with Crippen LogP contribution in [0.1, 0.15) is 45.6 Å². The molecule has 0 atom stereocenters. The lowest BCUT2D eigenvalue weighted by Gasteiger charge is -2.33. The van der Waals surface area contributed by atoms with Crippen LogP contribution >= 0.6 is 0 Å². The summed E-state index contributed by atoms with van der Waals surface area (Å²) in [4.78, 5) is 6.64. The largest absolute Gasteiger partial charge is 0.356 e. The molecule has 0 amide bonds. The van der Waals surface area contributed by atoms with Gasteiger partial charge in [0.1, 0.15) is 11.6 Å². The molecule has 1 aromatic rings. The Labute approximate surface area is 121 Å². The maximum Gasteiger partial charge on any atom is 0.141 e. The number of hydrogen-bond donors (Lipinski definition) is 1. The molecule has 0 spiro atoms. The Morgan fingerprint density at radius 2 is 2.20 bits per heavy atom. The number of nitrogens with zero attached hydrogens (tertiary/aromatic N) is 2. The molecule has 1 aliphatic rings. The molecule has 0 aliphatic heterocycles. The first-order valence-electron chi connectivity index (χ1n) is 7.73. The van der Waals surface area contributed by atoms with Gasteiger partial charge in [0.25, 0.3) is 0 Å². The molecular formula is C16H26FN3. The lowest BCUT2D eigenvalue weighted by atomic mass is 9.85. The summed E-state index contributed by atoms with van der Waals surface area (Å²) in [6, 6.07) is 1.99. The molecule has 0 saturated heterocycles. The van der Waals surface area contributed by atoms with Crippen LogP contribution in [0.3, 0.4) is 0 Å². The average molecular weight is 279 g/mol. The zero-order chi connectivity index (χ0) is 14.5. The van der Waals surface area contributed by atoms with E-state index in [1.807, 2.05) is 0 Å². The van der Waals surface area contributed by atoms with E-state index in [9.17, 15) is 4.39 Å². The maximum atomic E-state index is 13.5. The Kier molecular flexibility index (Phi) is 5.35. The van der Waals surface area contributed by atoms with E-state index in [0.717, 1.165) is 30.4 Å². The van der Waals surface area contributed by atoms with Crippen LogP contribution in [0, 0.1) is 11.7 Å². The highest BCUT2D eigenvalue weighted by Gasteiger charge is 2.22. The van der Waals surface area contributed by atoms with Crippen molar-refractivity contribution in [1.82, 2.24) is 10.3 Å². The number of rotatable bonds is 7. The number of aromatic nitrogens is 1. The Morgan fingerprint density at radius 1 is 1.45 bits per heavy atom. The molecule has 0 radical (unpaired) electrons. The van der Waals surface area contributed by atoms with Gasteiger partial charge in [0.15, 0.2) is 0 Å². The van der Waals surface area contributed by atoms with Crippen LogP contribution in [-0.4, -0.2) is 24.1 Å². The Hall–Kier alpha value is -1.16. The van der Waals surface area contributed by atoms with Crippen LogP contribution in [0.25, 0.3) is 0 Å². The maximum absolute atomic E-state index is 13.5. The van der Waals surface area contributed by atoms with Crippen molar-refractivity contribution in [3.63, 3.8) is 0 Å². The summed E-state index contributed by atoms with van der Waals surface area (Å²) in [5.74, 6) is 1.47. The van der Waals surface area contributed by atoms with Crippen molar-refractivity contribution < 1.29 is 4.39 Å². The average Bonchev–Trinajstić information content (AvgIpc) is 2.36.